The molecule has 1 aromatic carbocycles. The minimum Gasteiger partial charge on any atom is -0.446 e. The van der Waals surface area contributed by atoms with Gasteiger partial charge in [-0.2, -0.15) is 0 Å². The molecule has 1 unspecified atom stereocenters. The zero-order valence-corrected chi connectivity index (χ0v) is 23.6. The number of carbonyl (C=O) groups excluding carboxylic acids is 2. The van der Waals surface area contributed by atoms with Crippen molar-refractivity contribution >= 4 is 17.8 Å². The molecule has 3 amide bonds. The molecule has 1 saturated heterocycles. The molecule has 3 N–H and O–H groups in total. The summed E-state index contributed by atoms with van der Waals surface area (Å²) in [6, 6.07) is 9.14. The Balaban J connectivity index is 1.30. The molecular weight excluding hydrogens is 488 g/mol. The van der Waals surface area contributed by atoms with Crippen LogP contribution in [-0.2, 0) is 10.2 Å². The standard InChI is InChI=1S/C32H48N4O3/c37-30(34-23-11-3-1-4-12-23)36-27-17-9-8-16-26(27)32(19-21-33-22-20-32)29(36)25-15-7-10-18-28(25)39-31(38)35-24-13-5-2-6-14-24/h8-9,16-17,23-25,28-29,33H,1-7,10-15,18-22H2,(H,34,37)(H,35,38)/t25?,28-,29-/m1/s1. The number of rotatable bonds is 4. The second-order valence-electron chi connectivity index (χ2n) is 12.9. The summed E-state index contributed by atoms with van der Waals surface area (Å²) in [7, 11) is 0. The third-order valence-corrected chi connectivity index (χ3v) is 10.5. The molecule has 39 heavy (non-hydrogen) atoms. The number of fused-ring (bicyclic) bond motifs is 2. The highest BCUT2D eigenvalue weighted by Crippen LogP contribution is 2.55. The number of hydrogen-bond acceptors (Lipinski definition) is 4. The minimum absolute atomic E-state index is 0.00614. The molecule has 1 aromatic rings. The average Bonchev–Trinajstić information content (AvgIpc) is 3.24. The second kappa shape index (κ2) is 12.1. The van der Waals surface area contributed by atoms with Crippen molar-refractivity contribution in [2.75, 3.05) is 18.0 Å². The summed E-state index contributed by atoms with van der Waals surface area (Å²) in [5.74, 6) is 0.124. The summed E-state index contributed by atoms with van der Waals surface area (Å²) in [6.07, 6.45) is 17.1. The van der Waals surface area contributed by atoms with Crippen molar-refractivity contribution in [2.24, 2.45) is 5.92 Å². The lowest BCUT2D eigenvalue weighted by Crippen LogP contribution is -2.60. The number of anilines is 1. The van der Waals surface area contributed by atoms with Gasteiger partial charge in [0.2, 0.25) is 0 Å². The Morgan fingerprint density at radius 1 is 0.795 bits per heavy atom. The van der Waals surface area contributed by atoms with E-state index in [-0.39, 0.29) is 47.7 Å². The van der Waals surface area contributed by atoms with E-state index in [1.165, 1.54) is 44.1 Å². The van der Waals surface area contributed by atoms with Crippen LogP contribution in [0.2, 0.25) is 0 Å². The van der Waals surface area contributed by atoms with E-state index in [1.54, 1.807) is 0 Å². The lowest BCUT2D eigenvalue weighted by atomic mass is 9.63. The Hall–Kier alpha value is -2.28. The predicted octanol–water partition coefficient (Wildman–Crippen LogP) is 6.16. The number of benzene rings is 1. The molecule has 3 atom stereocenters. The number of hydrogen-bond donors (Lipinski definition) is 3. The summed E-state index contributed by atoms with van der Waals surface area (Å²) < 4.78 is 6.31. The smallest absolute Gasteiger partial charge is 0.407 e. The van der Waals surface area contributed by atoms with E-state index in [1.807, 2.05) is 0 Å². The van der Waals surface area contributed by atoms with Crippen LogP contribution in [0.1, 0.15) is 108 Å². The van der Waals surface area contributed by atoms with Gasteiger partial charge in [0.05, 0.1) is 6.04 Å². The first-order valence-electron chi connectivity index (χ1n) is 16.0. The summed E-state index contributed by atoms with van der Waals surface area (Å²) in [4.78, 5) is 29.5. The number of urea groups is 1. The number of nitrogens with one attached hydrogen (secondary N) is 3. The van der Waals surface area contributed by atoms with Crippen LogP contribution in [0.15, 0.2) is 24.3 Å². The van der Waals surface area contributed by atoms with Crippen LogP contribution in [0.3, 0.4) is 0 Å². The third-order valence-electron chi connectivity index (χ3n) is 10.5. The zero-order chi connectivity index (χ0) is 26.7. The van der Waals surface area contributed by atoms with E-state index < -0.39 is 0 Å². The maximum absolute atomic E-state index is 14.2. The molecule has 7 nitrogen and oxygen atoms in total. The molecule has 5 aliphatic rings. The average molecular weight is 537 g/mol. The van der Waals surface area contributed by atoms with Crippen molar-refractivity contribution in [3.63, 3.8) is 0 Å². The van der Waals surface area contributed by atoms with E-state index in [0.717, 1.165) is 83.0 Å². The molecule has 0 bridgehead atoms. The lowest BCUT2D eigenvalue weighted by Gasteiger charge is -2.48. The Bertz CT molecular complexity index is 997. The zero-order valence-electron chi connectivity index (χ0n) is 23.6. The van der Waals surface area contributed by atoms with Gasteiger partial charge >= 0.3 is 12.1 Å². The molecular formula is C32H48N4O3. The maximum atomic E-state index is 14.2. The summed E-state index contributed by atoms with van der Waals surface area (Å²) >= 11 is 0. The summed E-state index contributed by atoms with van der Waals surface area (Å²) in [6.45, 7) is 1.90. The van der Waals surface area contributed by atoms with Crippen LogP contribution in [0.5, 0.6) is 0 Å². The molecule has 7 heteroatoms. The first kappa shape index (κ1) is 26.9. The topological polar surface area (TPSA) is 82.7 Å². The van der Waals surface area contributed by atoms with Gasteiger partial charge in [-0.25, -0.2) is 9.59 Å². The number of nitrogens with zero attached hydrogens (tertiary/aromatic N) is 1. The predicted molar refractivity (Wildman–Crippen MR) is 154 cm³/mol. The normalized spacial score (nSPS) is 29.5. The molecule has 6 rings (SSSR count). The number of piperidine rings is 1. The molecule has 2 aliphatic heterocycles. The van der Waals surface area contributed by atoms with Crippen LogP contribution >= 0.6 is 0 Å². The monoisotopic (exact) mass is 536 g/mol. The van der Waals surface area contributed by atoms with Crippen LogP contribution in [0.25, 0.3) is 0 Å². The van der Waals surface area contributed by atoms with Gasteiger partial charge in [-0.3, -0.25) is 4.90 Å². The number of carbonyl (C=O) groups is 2. The fraction of sp³-hybridized carbons (Fsp3) is 0.750. The fourth-order valence-electron chi connectivity index (χ4n) is 8.65. The highest BCUT2D eigenvalue weighted by molar-refractivity contribution is 5.96. The third kappa shape index (κ3) is 5.53. The van der Waals surface area contributed by atoms with Crippen molar-refractivity contribution in [2.45, 2.75) is 132 Å². The van der Waals surface area contributed by atoms with Gasteiger partial charge in [0.1, 0.15) is 6.10 Å². The van der Waals surface area contributed by atoms with Crippen molar-refractivity contribution in [3.8, 4) is 0 Å². The van der Waals surface area contributed by atoms with Crippen LogP contribution in [0, 0.1) is 5.92 Å². The molecule has 2 heterocycles. The van der Waals surface area contributed by atoms with Gasteiger partial charge in [0.15, 0.2) is 0 Å². The van der Waals surface area contributed by atoms with Gasteiger partial charge in [-0.15, -0.1) is 0 Å². The Morgan fingerprint density at radius 2 is 1.41 bits per heavy atom. The summed E-state index contributed by atoms with van der Waals surface area (Å²) in [5.41, 5.74) is 2.26. The quantitative estimate of drug-likeness (QED) is 0.431. The van der Waals surface area contributed by atoms with E-state index in [4.69, 9.17) is 4.74 Å². The number of alkyl carbamates (subject to hydrolysis) is 1. The molecule has 4 fully saturated rings. The molecule has 214 valence electrons. The van der Waals surface area contributed by atoms with Gasteiger partial charge in [0, 0.05) is 29.1 Å². The molecule has 0 radical (unpaired) electrons. The van der Waals surface area contributed by atoms with E-state index in [9.17, 15) is 9.59 Å². The van der Waals surface area contributed by atoms with Crippen LogP contribution in [-0.4, -0.2) is 49.4 Å². The van der Waals surface area contributed by atoms with E-state index >= 15 is 0 Å². The highest BCUT2D eigenvalue weighted by Gasteiger charge is 2.57. The minimum atomic E-state index is -0.258. The molecule has 3 saturated carbocycles. The van der Waals surface area contributed by atoms with Crippen molar-refractivity contribution in [3.05, 3.63) is 29.8 Å². The van der Waals surface area contributed by atoms with Gasteiger partial charge in [-0.1, -0.05) is 63.1 Å². The van der Waals surface area contributed by atoms with Crippen molar-refractivity contribution in [1.82, 2.24) is 16.0 Å². The van der Waals surface area contributed by atoms with E-state index in [2.05, 4.69) is 45.1 Å². The SMILES string of the molecule is O=C(NC1CCCCC1)O[C@@H]1CCCCC1[C@H]1N(C(=O)NC2CCCCC2)c2ccccc2C12CCNCC2. The lowest BCUT2D eigenvalue weighted by molar-refractivity contribution is 0.0120. The first-order chi connectivity index (χ1) is 19.2. The van der Waals surface area contributed by atoms with Gasteiger partial charge in [-0.05, 0) is 82.5 Å². The van der Waals surface area contributed by atoms with E-state index in [0.29, 0.717) is 0 Å². The Labute approximate surface area is 234 Å². The first-order valence-corrected chi connectivity index (χ1v) is 16.0. The largest absolute Gasteiger partial charge is 0.446 e. The van der Waals surface area contributed by atoms with Crippen molar-refractivity contribution < 1.29 is 14.3 Å². The van der Waals surface area contributed by atoms with Gasteiger partial charge < -0.3 is 20.7 Å². The molecule has 0 aromatic heterocycles. The van der Waals surface area contributed by atoms with Gasteiger partial charge in [0.25, 0.3) is 0 Å². The number of ether oxygens (including phenoxy) is 1. The summed E-state index contributed by atoms with van der Waals surface area (Å²) in [5, 5.41) is 10.2. The molecule has 3 aliphatic carbocycles. The number of para-hydroxylation sites is 1. The second-order valence-corrected chi connectivity index (χ2v) is 12.9. The fourth-order valence-corrected chi connectivity index (χ4v) is 8.65. The molecule has 1 spiro atoms. The van der Waals surface area contributed by atoms with Crippen LogP contribution < -0.4 is 20.9 Å². The highest BCUT2D eigenvalue weighted by atomic mass is 16.6. The van der Waals surface area contributed by atoms with Crippen LogP contribution in [0.4, 0.5) is 15.3 Å². The Kier molecular flexibility index (Phi) is 8.33. The number of amides is 3. The van der Waals surface area contributed by atoms with Crippen molar-refractivity contribution in [1.29, 1.82) is 0 Å². The Morgan fingerprint density at radius 3 is 2.13 bits per heavy atom. The maximum Gasteiger partial charge on any atom is 0.407 e.